The van der Waals surface area contributed by atoms with Crippen molar-refractivity contribution in [1.82, 2.24) is 0 Å². The molecule has 0 aromatic rings. The zero-order valence-corrected chi connectivity index (χ0v) is 7.28. The molecule has 0 N–H and O–H groups in total. The van der Waals surface area contributed by atoms with E-state index < -0.39 is 18.0 Å². The lowest BCUT2D eigenvalue weighted by molar-refractivity contribution is -0.180. The van der Waals surface area contributed by atoms with Crippen LogP contribution < -0.4 is 0 Å². The van der Waals surface area contributed by atoms with E-state index in [9.17, 15) is 13.2 Å². The lowest BCUT2D eigenvalue weighted by atomic mass is 9.98. The van der Waals surface area contributed by atoms with Gasteiger partial charge in [0, 0.05) is 11.2 Å². The molecule has 0 saturated carbocycles. The summed E-state index contributed by atoms with van der Waals surface area (Å²) in [6.45, 7) is 0.0369. The minimum absolute atomic E-state index is 0.181. The van der Waals surface area contributed by atoms with Crippen molar-refractivity contribution < 1.29 is 17.9 Å². The van der Waals surface area contributed by atoms with Crippen LogP contribution in [0, 0.1) is 11.8 Å². The van der Waals surface area contributed by atoms with Crippen LogP contribution in [0.15, 0.2) is 0 Å². The Labute approximate surface area is 71.0 Å². The van der Waals surface area contributed by atoms with Crippen molar-refractivity contribution in [3.8, 4) is 0 Å². The summed E-state index contributed by atoms with van der Waals surface area (Å²) in [5, 5.41) is 0.358. The highest BCUT2D eigenvalue weighted by molar-refractivity contribution is 9.09. The fraction of sp³-hybridized carbons (Fsp3) is 1.00. The molecule has 0 bridgehead atoms. The van der Waals surface area contributed by atoms with Crippen molar-refractivity contribution in [3.63, 3.8) is 0 Å². The van der Waals surface area contributed by atoms with Gasteiger partial charge in [0.25, 0.3) is 0 Å². The normalized spacial score (nSPS) is 32.7. The van der Waals surface area contributed by atoms with Crippen LogP contribution >= 0.6 is 15.9 Å². The lowest BCUT2D eigenvalue weighted by Crippen LogP contribution is -2.30. The second-order valence-electron chi connectivity index (χ2n) is 2.60. The molecule has 5 heteroatoms. The second kappa shape index (κ2) is 3.31. The molecular formula is C6H8BrF3O. The summed E-state index contributed by atoms with van der Waals surface area (Å²) in [7, 11) is 0. The van der Waals surface area contributed by atoms with Crippen molar-refractivity contribution in [3.05, 3.63) is 0 Å². The molecule has 0 spiro atoms. The van der Waals surface area contributed by atoms with Gasteiger partial charge in [0.15, 0.2) is 0 Å². The predicted octanol–water partition coefficient (Wildman–Crippen LogP) is 2.21. The van der Waals surface area contributed by atoms with Crippen LogP contribution in [0.4, 0.5) is 13.2 Å². The van der Waals surface area contributed by atoms with Gasteiger partial charge in [0.2, 0.25) is 0 Å². The van der Waals surface area contributed by atoms with Crippen molar-refractivity contribution in [2.75, 3.05) is 18.5 Å². The predicted molar refractivity (Wildman–Crippen MR) is 37.6 cm³/mol. The van der Waals surface area contributed by atoms with E-state index in [0.29, 0.717) is 5.33 Å². The van der Waals surface area contributed by atoms with Crippen molar-refractivity contribution >= 4 is 15.9 Å². The number of hydrogen-bond donors (Lipinski definition) is 0. The molecular weight excluding hydrogens is 225 g/mol. The third-order valence-electron chi connectivity index (χ3n) is 1.82. The van der Waals surface area contributed by atoms with Gasteiger partial charge in [0.05, 0.1) is 19.1 Å². The molecule has 2 atom stereocenters. The summed E-state index contributed by atoms with van der Waals surface area (Å²) >= 11 is 3.03. The Morgan fingerprint density at radius 2 is 2.00 bits per heavy atom. The summed E-state index contributed by atoms with van der Waals surface area (Å²) in [4.78, 5) is 0. The van der Waals surface area contributed by atoms with Crippen LogP contribution in [-0.2, 0) is 4.74 Å². The first kappa shape index (κ1) is 9.32. The molecule has 0 aliphatic carbocycles. The van der Waals surface area contributed by atoms with E-state index in [2.05, 4.69) is 15.9 Å². The Balaban J connectivity index is 2.57. The van der Waals surface area contributed by atoms with Crippen LogP contribution in [-0.4, -0.2) is 24.7 Å². The number of halogens is 4. The molecule has 1 rings (SSSR count). The molecule has 0 aromatic carbocycles. The van der Waals surface area contributed by atoms with E-state index in [1.165, 1.54) is 0 Å². The van der Waals surface area contributed by atoms with E-state index in [4.69, 9.17) is 4.74 Å². The van der Waals surface area contributed by atoms with Crippen LogP contribution in [0.2, 0.25) is 0 Å². The van der Waals surface area contributed by atoms with Crippen LogP contribution in [0.1, 0.15) is 0 Å². The van der Waals surface area contributed by atoms with Crippen molar-refractivity contribution in [2.24, 2.45) is 11.8 Å². The highest BCUT2D eigenvalue weighted by atomic mass is 79.9. The Kier molecular flexibility index (Phi) is 2.80. The molecule has 11 heavy (non-hydrogen) atoms. The van der Waals surface area contributed by atoms with E-state index in [1.807, 2.05) is 0 Å². The van der Waals surface area contributed by atoms with Gasteiger partial charge in [-0.1, -0.05) is 15.9 Å². The van der Waals surface area contributed by atoms with Gasteiger partial charge >= 0.3 is 6.18 Å². The first-order valence-electron chi connectivity index (χ1n) is 3.26. The Hall–Kier alpha value is 0.230. The van der Waals surface area contributed by atoms with Crippen molar-refractivity contribution in [1.29, 1.82) is 0 Å². The monoisotopic (exact) mass is 232 g/mol. The van der Waals surface area contributed by atoms with Gasteiger partial charge in [0.1, 0.15) is 0 Å². The van der Waals surface area contributed by atoms with E-state index in [-0.39, 0.29) is 13.2 Å². The average molecular weight is 233 g/mol. The fourth-order valence-corrected chi connectivity index (χ4v) is 1.75. The van der Waals surface area contributed by atoms with Gasteiger partial charge < -0.3 is 4.74 Å². The van der Waals surface area contributed by atoms with Gasteiger partial charge in [-0.2, -0.15) is 13.2 Å². The van der Waals surface area contributed by atoms with E-state index in [1.54, 1.807) is 0 Å². The molecule has 0 amide bonds. The maximum Gasteiger partial charge on any atom is 0.394 e. The quantitative estimate of drug-likeness (QED) is 0.631. The molecule has 0 radical (unpaired) electrons. The molecule has 1 aliphatic heterocycles. The summed E-state index contributed by atoms with van der Waals surface area (Å²) in [6.07, 6.45) is -4.10. The molecule has 1 fully saturated rings. The van der Waals surface area contributed by atoms with Gasteiger partial charge in [-0.3, -0.25) is 0 Å². The zero-order valence-electron chi connectivity index (χ0n) is 5.70. The molecule has 1 nitrogen and oxygen atoms in total. The zero-order chi connectivity index (χ0) is 8.48. The first-order chi connectivity index (χ1) is 5.05. The van der Waals surface area contributed by atoms with Gasteiger partial charge in [-0.25, -0.2) is 0 Å². The molecule has 2 unspecified atom stereocenters. The van der Waals surface area contributed by atoms with Crippen LogP contribution in [0.3, 0.4) is 0 Å². The average Bonchev–Trinajstić information content (AvgIpc) is 2.31. The Bertz CT molecular complexity index is 136. The largest absolute Gasteiger partial charge is 0.394 e. The van der Waals surface area contributed by atoms with Gasteiger partial charge in [-0.05, 0) is 0 Å². The number of hydrogen-bond acceptors (Lipinski definition) is 1. The van der Waals surface area contributed by atoms with E-state index in [0.717, 1.165) is 0 Å². The minimum Gasteiger partial charge on any atom is -0.380 e. The van der Waals surface area contributed by atoms with Gasteiger partial charge in [-0.15, -0.1) is 0 Å². The standard InChI is InChI=1S/C6H8BrF3O/c7-1-4-2-11-3-5(4)6(8,9)10/h4-5H,1-3H2. The molecule has 1 aliphatic rings. The second-order valence-corrected chi connectivity index (χ2v) is 3.25. The summed E-state index contributed by atoms with van der Waals surface area (Å²) < 4.78 is 41.0. The molecule has 1 saturated heterocycles. The molecule has 0 aromatic heterocycles. The minimum atomic E-state index is -4.10. The smallest absolute Gasteiger partial charge is 0.380 e. The number of rotatable bonds is 1. The fourth-order valence-electron chi connectivity index (χ4n) is 1.11. The van der Waals surface area contributed by atoms with Crippen LogP contribution in [0.5, 0.6) is 0 Å². The maximum atomic E-state index is 12.1. The molecule has 66 valence electrons. The topological polar surface area (TPSA) is 9.23 Å². The summed E-state index contributed by atoms with van der Waals surface area (Å²) in [6, 6.07) is 0. The third-order valence-corrected chi connectivity index (χ3v) is 2.65. The highest BCUT2D eigenvalue weighted by Gasteiger charge is 2.47. The lowest BCUT2D eigenvalue weighted by Gasteiger charge is -2.17. The Morgan fingerprint density at radius 3 is 2.36 bits per heavy atom. The SMILES string of the molecule is FC(F)(F)C1COCC1CBr. The van der Waals surface area contributed by atoms with Crippen LogP contribution in [0.25, 0.3) is 0 Å². The maximum absolute atomic E-state index is 12.1. The number of ether oxygens (including phenoxy) is 1. The van der Waals surface area contributed by atoms with E-state index >= 15 is 0 Å². The summed E-state index contributed by atoms with van der Waals surface area (Å²) in [5.41, 5.74) is 0. The molecule has 1 heterocycles. The first-order valence-corrected chi connectivity index (χ1v) is 4.38. The summed E-state index contributed by atoms with van der Waals surface area (Å²) in [5.74, 6) is -1.68. The number of alkyl halides is 4. The Morgan fingerprint density at radius 1 is 1.36 bits per heavy atom. The van der Waals surface area contributed by atoms with Crippen molar-refractivity contribution in [2.45, 2.75) is 6.18 Å². The highest BCUT2D eigenvalue weighted by Crippen LogP contribution is 2.36. The third kappa shape index (κ3) is 2.08.